The van der Waals surface area contributed by atoms with Gasteiger partial charge in [0.15, 0.2) is 0 Å². The zero-order valence-corrected chi connectivity index (χ0v) is 11.0. The van der Waals surface area contributed by atoms with E-state index in [2.05, 4.69) is 36.0 Å². The molecule has 0 saturated carbocycles. The first-order valence-electron chi connectivity index (χ1n) is 5.99. The number of unbranched alkanes of at least 4 members (excludes halogenated alkanes) is 1. The minimum Gasteiger partial charge on any atom is -0.360 e. The number of hydrogen-bond donors (Lipinski definition) is 0. The van der Waals surface area contributed by atoms with E-state index in [0.717, 1.165) is 23.1 Å². The summed E-state index contributed by atoms with van der Waals surface area (Å²) >= 11 is 6.20. The molecule has 0 aliphatic heterocycles. The molecular formula is C14H17ClN2. The van der Waals surface area contributed by atoms with E-state index in [4.69, 9.17) is 11.6 Å². The lowest BCUT2D eigenvalue weighted by molar-refractivity contribution is 0.760. The van der Waals surface area contributed by atoms with Crippen LogP contribution in [-0.4, -0.2) is 18.6 Å². The summed E-state index contributed by atoms with van der Waals surface area (Å²) in [4.78, 5) is 6.60. The van der Waals surface area contributed by atoms with Crippen LogP contribution in [0, 0.1) is 0 Å². The zero-order valence-electron chi connectivity index (χ0n) is 10.3. The molecule has 1 heterocycles. The summed E-state index contributed by atoms with van der Waals surface area (Å²) in [6.45, 7) is 3.20. The third kappa shape index (κ3) is 2.70. The SMILES string of the molecule is CCCCN(C)c1cc2ccccc2c(Cl)n1. The number of hydrogen-bond acceptors (Lipinski definition) is 2. The standard InChI is InChI=1S/C14H17ClN2/c1-3-4-9-17(2)13-10-11-7-5-6-8-12(11)14(15)16-13/h5-8,10H,3-4,9H2,1-2H3. The van der Waals surface area contributed by atoms with Gasteiger partial charge in [-0.2, -0.15) is 0 Å². The van der Waals surface area contributed by atoms with Crippen molar-refractivity contribution in [3.63, 3.8) is 0 Å². The molecule has 3 heteroatoms. The molecule has 0 spiro atoms. The van der Waals surface area contributed by atoms with Gasteiger partial charge in [0.05, 0.1) is 0 Å². The van der Waals surface area contributed by atoms with Crippen LogP contribution in [-0.2, 0) is 0 Å². The fraction of sp³-hybridized carbons (Fsp3) is 0.357. The minimum absolute atomic E-state index is 0.585. The number of fused-ring (bicyclic) bond motifs is 1. The van der Waals surface area contributed by atoms with Gasteiger partial charge < -0.3 is 4.90 Å². The summed E-state index contributed by atoms with van der Waals surface area (Å²) in [6, 6.07) is 10.2. The monoisotopic (exact) mass is 248 g/mol. The number of anilines is 1. The predicted octanol–water partition coefficient (Wildman–Crippen LogP) is 4.12. The molecule has 2 aromatic rings. The van der Waals surface area contributed by atoms with Crippen molar-refractivity contribution in [1.82, 2.24) is 4.98 Å². The van der Waals surface area contributed by atoms with Crippen LogP contribution in [0.1, 0.15) is 19.8 Å². The van der Waals surface area contributed by atoms with Gasteiger partial charge >= 0.3 is 0 Å². The second-order valence-electron chi connectivity index (χ2n) is 4.27. The Morgan fingerprint density at radius 3 is 2.82 bits per heavy atom. The number of nitrogens with zero attached hydrogens (tertiary/aromatic N) is 2. The van der Waals surface area contributed by atoms with E-state index in [9.17, 15) is 0 Å². The van der Waals surface area contributed by atoms with Gasteiger partial charge in [-0.3, -0.25) is 0 Å². The first-order chi connectivity index (χ1) is 8.22. The van der Waals surface area contributed by atoms with Crippen LogP contribution in [0.2, 0.25) is 5.15 Å². The van der Waals surface area contributed by atoms with Gasteiger partial charge in [0.2, 0.25) is 0 Å². The maximum atomic E-state index is 6.20. The Balaban J connectivity index is 2.36. The Morgan fingerprint density at radius 1 is 1.29 bits per heavy atom. The predicted molar refractivity (Wildman–Crippen MR) is 74.9 cm³/mol. The van der Waals surface area contributed by atoms with Gasteiger partial charge in [0.25, 0.3) is 0 Å². The van der Waals surface area contributed by atoms with Crippen LogP contribution in [0.4, 0.5) is 5.82 Å². The highest BCUT2D eigenvalue weighted by molar-refractivity contribution is 6.34. The topological polar surface area (TPSA) is 16.1 Å². The lowest BCUT2D eigenvalue weighted by Crippen LogP contribution is -2.19. The normalized spacial score (nSPS) is 10.8. The fourth-order valence-corrected chi connectivity index (χ4v) is 2.11. The van der Waals surface area contributed by atoms with E-state index in [1.807, 2.05) is 18.2 Å². The highest BCUT2D eigenvalue weighted by Crippen LogP contribution is 2.25. The number of pyridine rings is 1. The summed E-state index contributed by atoms with van der Waals surface area (Å²) in [5.41, 5.74) is 0. The second kappa shape index (κ2) is 5.37. The van der Waals surface area contributed by atoms with Crippen molar-refractivity contribution in [3.05, 3.63) is 35.5 Å². The molecule has 0 aliphatic carbocycles. The van der Waals surface area contributed by atoms with Gasteiger partial charge in [-0.1, -0.05) is 49.2 Å². The highest BCUT2D eigenvalue weighted by Gasteiger charge is 2.06. The van der Waals surface area contributed by atoms with Crippen LogP contribution in [0.3, 0.4) is 0 Å². The Labute approximate surface area is 107 Å². The Morgan fingerprint density at radius 2 is 2.06 bits per heavy atom. The van der Waals surface area contributed by atoms with E-state index in [0.29, 0.717) is 5.15 Å². The Kier molecular flexibility index (Phi) is 3.85. The van der Waals surface area contributed by atoms with Crippen LogP contribution < -0.4 is 4.90 Å². The lowest BCUT2D eigenvalue weighted by atomic mass is 10.2. The molecule has 0 amide bonds. The molecule has 0 bridgehead atoms. The van der Waals surface area contributed by atoms with E-state index in [1.54, 1.807) is 0 Å². The van der Waals surface area contributed by atoms with Crippen molar-refractivity contribution in [2.45, 2.75) is 19.8 Å². The average molecular weight is 249 g/mol. The number of halogens is 1. The van der Waals surface area contributed by atoms with Crippen LogP contribution in [0.5, 0.6) is 0 Å². The third-order valence-corrected chi connectivity index (χ3v) is 3.21. The average Bonchev–Trinajstić information content (AvgIpc) is 2.36. The van der Waals surface area contributed by atoms with E-state index >= 15 is 0 Å². The quantitative estimate of drug-likeness (QED) is 0.757. The first kappa shape index (κ1) is 12.2. The maximum absolute atomic E-state index is 6.20. The largest absolute Gasteiger partial charge is 0.360 e. The van der Waals surface area contributed by atoms with E-state index < -0.39 is 0 Å². The van der Waals surface area contributed by atoms with Crippen molar-refractivity contribution in [3.8, 4) is 0 Å². The summed E-state index contributed by atoms with van der Waals surface area (Å²) < 4.78 is 0. The highest BCUT2D eigenvalue weighted by atomic mass is 35.5. The molecule has 2 rings (SSSR count). The van der Waals surface area contributed by atoms with Crippen molar-refractivity contribution < 1.29 is 0 Å². The van der Waals surface area contributed by atoms with Crippen molar-refractivity contribution in [1.29, 1.82) is 0 Å². The summed E-state index contributed by atoms with van der Waals surface area (Å²) in [5, 5.41) is 2.74. The van der Waals surface area contributed by atoms with Crippen LogP contribution in [0.25, 0.3) is 10.8 Å². The Bertz CT molecular complexity index is 511. The molecule has 1 aromatic carbocycles. The molecule has 90 valence electrons. The summed E-state index contributed by atoms with van der Waals surface area (Å²) in [5.74, 6) is 0.946. The Hall–Kier alpha value is -1.28. The van der Waals surface area contributed by atoms with E-state index in [-0.39, 0.29) is 0 Å². The van der Waals surface area contributed by atoms with Crippen LogP contribution >= 0.6 is 11.6 Å². The minimum atomic E-state index is 0.585. The van der Waals surface area contributed by atoms with Gasteiger partial charge in [-0.05, 0) is 17.9 Å². The zero-order chi connectivity index (χ0) is 12.3. The van der Waals surface area contributed by atoms with Crippen LogP contribution in [0.15, 0.2) is 30.3 Å². The van der Waals surface area contributed by atoms with Crippen molar-refractivity contribution in [2.75, 3.05) is 18.5 Å². The number of benzene rings is 1. The van der Waals surface area contributed by atoms with Crippen molar-refractivity contribution in [2.24, 2.45) is 0 Å². The molecule has 0 radical (unpaired) electrons. The van der Waals surface area contributed by atoms with Crippen molar-refractivity contribution >= 4 is 28.2 Å². The number of aromatic nitrogens is 1. The molecule has 0 aliphatic rings. The molecule has 0 N–H and O–H groups in total. The second-order valence-corrected chi connectivity index (χ2v) is 4.63. The number of rotatable bonds is 4. The smallest absolute Gasteiger partial charge is 0.139 e. The van der Waals surface area contributed by atoms with Gasteiger partial charge in [0, 0.05) is 19.0 Å². The maximum Gasteiger partial charge on any atom is 0.139 e. The first-order valence-corrected chi connectivity index (χ1v) is 6.36. The van der Waals surface area contributed by atoms with Gasteiger partial charge in [0.1, 0.15) is 11.0 Å². The molecule has 1 aromatic heterocycles. The molecule has 0 saturated heterocycles. The fourth-order valence-electron chi connectivity index (χ4n) is 1.85. The lowest BCUT2D eigenvalue weighted by Gasteiger charge is -2.18. The molecule has 0 fully saturated rings. The third-order valence-electron chi connectivity index (χ3n) is 2.92. The molecule has 17 heavy (non-hydrogen) atoms. The summed E-state index contributed by atoms with van der Waals surface area (Å²) in [6.07, 6.45) is 2.36. The van der Waals surface area contributed by atoms with Gasteiger partial charge in [-0.25, -0.2) is 4.98 Å². The van der Waals surface area contributed by atoms with Gasteiger partial charge in [-0.15, -0.1) is 0 Å². The molecule has 0 unspecified atom stereocenters. The molecule has 2 nitrogen and oxygen atoms in total. The summed E-state index contributed by atoms with van der Waals surface area (Å²) in [7, 11) is 2.06. The molecular weight excluding hydrogens is 232 g/mol. The van der Waals surface area contributed by atoms with E-state index in [1.165, 1.54) is 12.8 Å². The molecule has 0 atom stereocenters.